The fourth-order valence-electron chi connectivity index (χ4n) is 2.27. The van der Waals surface area contributed by atoms with Crippen molar-refractivity contribution in [2.45, 2.75) is 25.2 Å². The Bertz CT molecular complexity index is 700. The van der Waals surface area contributed by atoms with Crippen LogP contribution in [0.4, 0.5) is 5.82 Å². The van der Waals surface area contributed by atoms with E-state index < -0.39 is 13.9 Å². The third-order valence-corrected chi connectivity index (χ3v) is 3.68. The lowest BCUT2D eigenvalue weighted by molar-refractivity contribution is -0.222. The van der Waals surface area contributed by atoms with Crippen LogP contribution in [0.2, 0.25) is 0 Å². The van der Waals surface area contributed by atoms with Gasteiger partial charge in [-0.3, -0.25) is 9.13 Å². The summed E-state index contributed by atoms with van der Waals surface area (Å²) in [5.74, 6) is 0.282. The summed E-state index contributed by atoms with van der Waals surface area (Å²) in [5, 5.41) is 0. The predicted molar refractivity (Wildman–Crippen MR) is 68.7 cm³/mol. The number of hydrogen-bond acceptors (Lipinski definition) is 8. The number of aromatic nitrogens is 4. The minimum atomic E-state index is -4.73. The highest BCUT2D eigenvalue weighted by molar-refractivity contribution is 7.44. The number of nitrogens with zero attached hydrogens (tertiary/aromatic N) is 4. The molecule has 1 saturated heterocycles. The van der Waals surface area contributed by atoms with Crippen LogP contribution in [0.15, 0.2) is 12.7 Å². The average molecular weight is 314 g/mol. The quantitative estimate of drug-likeness (QED) is 0.716. The van der Waals surface area contributed by atoms with Gasteiger partial charge >= 0.3 is 0 Å². The Morgan fingerprint density at radius 2 is 2.33 bits per heavy atom. The van der Waals surface area contributed by atoms with Crippen molar-refractivity contribution in [3.05, 3.63) is 12.7 Å². The maximum Gasteiger partial charge on any atom is 0.265 e. The van der Waals surface area contributed by atoms with Crippen LogP contribution in [0.1, 0.15) is 19.1 Å². The van der Waals surface area contributed by atoms with E-state index in [9.17, 15) is 9.46 Å². The molecule has 1 fully saturated rings. The molecule has 0 amide bonds. The fraction of sp³-hybridized carbons (Fsp3) is 0.500. The van der Waals surface area contributed by atoms with E-state index >= 15 is 0 Å². The summed E-state index contributed by atoms with van der Waals surface area (Å²) in [6.07, 6.45) is 3.34. The van der Waals surface area contributed by atoms with Crippen molar-refractivity contribution in [2.24, 2.45) is 0 Å². The molecule has 2 aromatic rings. The van der Waals surface area contributed by atoms with Crippen LogP contribution in [0.3, 0.4) is 0 Å². The Balaban J connectivity index is 1.73. The number of nitrogen functional groups attached to an aromatic ring is 1. The molecule has 3 N–H and O–H groups in total. The maximum atomic E-state index is 10.6. The summed E-state index contributed by atoms with van der Waals surface area (Å²) in [6.45, 7) is -0.225. The van der Waals surface area contributed by atoms with E-state index in [1.807, 2.05) is 0 Å². The Labute approximate surface area is 119 Å². The first-order valence-electron chi connectivity index (χ1n) is 6.21. The van der Waals surface area contributed by atoms with Gasteiger partial charge in [-0.1, -0.05) is 0 Å². The Morgan fingerprint density at radius 3 is 3.10 bits per heavy atom. The van der Waals surface area contributed by atoms with Crippen LogP contribution in [0, 0.1) is 0 Å². The van der Waals surface area contributed by atoms with Crippen LogP contribution < -0.4 is 10.6 Å². The third kappa shape index (κ3) is 3.04. The number of rotatable bonds is 4. The molecule has 3 heterocycles. The van der Waals surface area contributed by atoms with Gasteiger partial charge in [0.1, 0.15) is 18.1 Å². The van der Waals surface area contributed by atoms with Gasteiger partial charge in [0, 0.05) is 0 Å². The van der Waals surface area contributed by atoms with Gasteiger partial charge in [-0.25, -0.2) is 15.0 Å². The van der Waals surface area contributed by atoms with E-state index in [1.165, 1.54) is 6.33 Å². The molecular formula is C10H13N5O5P-. The van der Waals surface area contributed by atoms with E-state index in [4.69, 9.17) is 15.4 Å². The van der Waals surface area contributed by atoms with Gasteiger partial charge in [0.05, 0.1) is 19.0 Å². The zero-order valence-electron chi connectivity index (χ0n) is 10.8. The van der Waals surface area contributed by atoms with Crippen molar-refractivity contribution in [3.8, 4) is 0 Å². The maximum absolute atomic E-state index is 10.6. The van der Waals surface area contributed by atoms with Gasteiger partial charge in [0.25, 0.3) is 7.82 Å². The van der Waals surface area contributed by atoms with Crippen LogP contribution in [-0.2, 0) is 13.8 Å². The molecule has 0 radical (unpaired) electrons. The molecule has 3 rings (SSSR count). The summed E-state index contributed by atoms with van der Waals surface area (Å²) < 4.78 is 22.3. The highest BCUT2D eigenvalue weighted by Crippen LogP contribution is 2.35. The monoisotopic (exact) mass is 314 g/mol. The Morgan fingerprint density at radius 1 is 1.52 bits per heavy atom. The summed E-state index contributed by atoms with van der Waals surface area (Å²) >= 11 is 0. The topological polar surface area (TPSA) is 148 Å². The van der Waals surface area contributed by atoms with Gasteiger partial charge in [-0.15, -0.1) is 0 Å². The lowest BCUT2D eigenvalue weighted by atomic mass is 10.2. The second-order valence-electron chi connectivity index (χ2n) is 4.64. The van der Waals surface area contributed by atoms with E-state index in [1.54, 1.807) is 10.9 Å². The van der Waals surface area contributed by atoms with Crippen molar-refractivity contribution in [1.29, 1.82) is 0 Å². The van der Waals surface area contributed by atoms with E-state index in [0.717, 1.165) is 0 Å². The third-order valence-electron chi connectivity index (χ3n) is 3.21. The number of phosphoric acid groups is 1. The van der Waals surface area contributed by atoms with Crippen molar-refractivity contribution in [2.75, 3.05) is 12.3 Å². The number of imidazole rings is 1. The minimum absolute atomic E-state index is 0.225. The van der Waals surface area contributed by atoms with Crippen molar-refractivity contribution < 1.29 is 23.6 Å². The van der Waals surface area contributed by atoms with Crippen molar-refractivity contribution in [3.63, 3.8) is 0 Å². The van der Waals surface area contributed by atoms with Gasteiger partial charge in [0.2, 0.25) is 0 Å². The standard InChI is InChI=1S/C10H14N5O5P/c11-9-8-10(13-4-12-9)15(5-14-8)7-2-1-6(20-7)3-19-21(16,17)18/h4-7H,1-3H2,(H2,11,12,13)(H2,16,17,18)/p-1/t6-,7+/m0/s1. The molecule has 0 aromatic carbocycles. The van der Waals surface area contributed by atoms with Crippen LogP contribution in [-0.4, -0.2) is 37.1 Å². The number of nitrogens with two attached hydrogens (primary N) is 1. The van der Waals surface area contributed by atoms with Crippen LogP contribution in [0.25, 0.3) is 11.2 Å². The normalized spacial score (nSPS) is 25.2. The van der Waals surface area contributed by atoms with Crippen LogP contribution >= 0.6 is 7.82 Å². The molecule has 0 aliphatic carbocycles. The summed E-state index contributed by atoms with van der Waals surface area (Å²) in [6, 6.07) is 0. The predicted octanol–water partition coefficient (Wildman–Crippen LogP) is -0.437. The number of anilines is 1. The number of fused-ring (bicyclic) bond motifs is 1. The van der Waals surface area contributed by atoms with Crippen molar-refractivity contribution >= 4 is 24.8 Å². The van der Waals surface area contributed by atoms with E-state index in [0.29, 0.717) is 24.0 Å². The minimum Gasteiger partial charge on any atom is -0.756 e. The molecule has 2 aromatic heterocycles. The molecule has 0 saturated carbocycles. The smallest absolute Gasteiger partial charge is 0.265 e. The lowest BCUT2D eigenvalue weighted by Gasteiger charge is -2.19. The molecule has 0 spiro atoms. The molecule has 114 valence electrons. The fourth-order valence-corrected chi connectivity index (χ4v) is 2.63. The van der Waals surface area contributed by atoms with Gasteiger partial charge in [0.15, 0.2) is 11.5 Å². The second-order valence-corrected chi connectivity index (χ2v) is 5.83. The number of ether oxygens (including phenoxy) is 1. The zero-order chi connectivity index (χ0) is 15.0. The Hall–Kier alpha value is -1.58. The summed E-state index contributed by atoms with van der Waals surface area (Å²) in [4.78, 5) is 31.3. The number of phosphoric ester groups is 1. The lowest BCUT2D eigenvalue weighted by Crippen LogP contribution is -2.18. The molecule has 10 nitrogen and oxygen atoms in total. The molecule has 11 heteroatoms. The van der Waals surface area contributed by atoms with Crippen molar-refractivity contribution in [1.82, 2.24) is 19.5 Å². The molecule has 1 aliphatic rings. The molecule has 1 aliphatic heterocycles. The van der Waals surface area contributed by atoms with E-state index in [2.05, 4.69) is 19.5 Å². The molecule has 21 heavy (non-hydrogen) atoms. The van der Waals surface area contributed by atoms with Crippen LogP contribution in [0.5, 0.6) is 0 Å². The first-order chi connectivity index (χ1) is 9.94. The largest absolute Gasteiger partial charge is 0.756 e. The average Bonchev–Trinajstić information content (AvgIpc) is 3.02. The number of hydrogen-bond donors (Lipinski definition) is 2. The summed E-state index contributed by atoms with van der Waals surface area (Å²) in [7, 11) is -4.73. The SMILES string of the molecule is Nc1ncnc2c1ncn2[C@H]1CC[C@@H](COP(=O)([O-])O)O1. The highest BCUT2D eigenvalue weighted by Gasteiger charge is 2.29. The van der Waals surface area contributed by atoms with Gasteiger partial charge in [-0.2, -0.15) is 0 Å². The Kier molecular flexibility index (Phi) is 3.64. The molecule has 0 bridgehead atoms. The summed E-state index contributed by atoms with van der Waals surface area (Å²) in [5.41, 5.74) is 6.74. The first-order valence-corrected chi connectivity index (χ1v) is 7.70. The zero-order valence-corrected chi connectivity index (χ0v) is 11.7. The molecule has 1 unspecified atom stereocenters. The second kappa shape index (κ2) is 5.32. The van der Waals surface area contributed by atoms with Gasteiger partial charge in [-0.05, 0) is 12.8 Å². The molecular weight excluding hydrogens is 301 g/mol. The van der Waals surface area contributed by atoms with E-state index in [-0.39, 0.29) is 18.7 Å². The highest BCUT2D eigenvalue weighted by atomic mass is 31.2. The van der Waals surface area contributed by atoms with Gasteiger partial charge < -0.3 is 24.8 Å². The first kappa shape index (κ1) is 14.4. The molecule has 3 atom stereocenters.